The molecule has 8 rings (SSSR count). The molecule has 6 N–H and O–H groups in total. The second-order valence-electron chi connectivity index (χ2n) is 22.0. The number of nitrogens with one attached hydrogen (secondary N) is 1. The third kappa shape index (κ3) is 6.86. The molecule has 13 nitrogen and oxygen atoms in total. The molecular formula is C50H69N3O10. The summed E-state index contributed by atoms with van der Waals surface area (Å²) in [5.74, 6) is -10.0. The van der Waals surface area contributed by atoms with Gasteiger partial charge in [0, 0.05) is 12.3 Å². The lowest BCUT2D eigenvalue weighted by molar-refractivity contribution is -0.196. The van der Waals surface area contributed by atoms with Crippen molar-refractivity contribution < 1.29 is 48.8 Å². The van der Waals surface area contributed by atoms with Crippen LogP contribution in [0.2, 0.25) is 0 Å². The van der Waals surface area contributed by atoms with E-state index in [1.54, 1.807) is 6.92 Å². The third-order valence-corrected chi connectivity index (χ3v) is 18.3. The number of fused-ring (bicyclic) bond motifs is 8. The number of ketones is 4. The number of phenols is 1. The second-order valence-corrected chi connectivity index (χ2v) is 22.0. The maximum absolute atomic E-state index is 14.4. The second kappa shape index (κ2) is 16.2. The molecule has 13 heteroatoms. The van der Waals surface area contributed by atoms with Crippen LogP contribution in [-0.4, -0.2) is 93.3 Å². The SMILES string of the molecule is CC(C)CCC[C@H](C)C1CCC2C3CC=C4CC(OC(=O)Nc5ccc6c(c5O)C(=O)C5C(=O)[C@@]7(O)C(=O)C(C(N)=O)C(=O)[C@H](N(C)C)[C@H]7[C@H](O)[C@H]5[C@@H]6C)CC[C@]4(C)C3CC[C@@]21C. The van der Waals surface area contributed by atoms with Crippen LogP contribution in [-0.2, 0) is 23.9 Å². The topological polar surface area (TPSA) is 214 Å². The van der Waals surface area contributed by atoms with Crippen molar-refractivity contribution in [1.29, 1.82) is 0 Å². The summed E-state index contributed by atoms with van der Waals surface area (Å²) >= 11 is 0. The lowest BCUT2D eigenvalue weighted by Gasteiger charge is -2.58. The summed E-state index contributed by atoms with van der Waals surface area (Å²) < 4.78 is 6.00. The number of carbonyl (C=O) groups is 6. The zero-order chi connectivity index (χ0) is 45.8. The zero-order valence-corrected chi connectivity index (χ0v) is 38.3. The minimum Gasteiger partial charge on any atom is -0.505 e. The van der Waals surface area contributed by atoms with Gasteiger partial charge in [0.15, 0.2) is 34.7 Å². The van der Waals surface area contributed by atoms with Crippen molar-refractivity contribution >= 4 is 40.8 Å². The van der Waals surface area contributed by atoms with Gasteiger partial charge in [0.2, 0.25) is 5.91 Å². The molecule has 16 atom stereocenters. The van der Waals surface area contributed by atoms with E-state index in [1.807, 2.05) is 0 Å². The Hall–Kier alpha value is -3.94. The molecule has 0 saturated heterocycles. The number of allylic oxidation sites excluding steroid dienone is 1. The minimum atomic E-state index is -3.10. The van der Waals surface area contributed by atoms with Gasteiger partial charge in [-0.15, -0.1) is 0 Å². The molecular weight excluding hydrogens is 803 g/mol. The largest absolute Gasteiger partial charge is 0.505 e. The van der Waals surface area contributed by atoms with E-state index in [-0.39, 0.29) is 28.3 Å². The molecule has 63 heavy (non-hydrogen) atoms. The number of hydrogen-bond acceptors (Lipinski definition) is 11. The Bertz CT molecular complexity index is 2130. The first-order valence-corrected chi connectivity index (χ1v) is 23.6. The molecule has 1 aromatic carbocycles. The molecule has 0 heterocycles. The Morgan fingerprint density at radius 1 is 0.984 bits per heavy atom. The Balaban J connectivity index is 0.965. The van der Waals surface area contributed by atoms with Crippen LogP contribution in [0.4, 0.5) is 10.5 Å². The van der Waals surface area contributed by atoms with Crippen molar-refractivity contribution in [2.75, 3.05) is 19.4 Å². The number of benzene rings is 1. The maximum Gasteiger partial charge on any atom is 0.412 e. The number of amides is 2. The summed E-state index contributed by atoms with van der Waals surface area (Å²) in [5, 5.41) is 38.1. The number of likely N-dealkylation sites (N-methyl/N-ethyl adjacent to an activating group) is 1. The molecule has 344 valence electrons. The molecule has 0 spiro atoms. The monoisotopic (exact) mass is 871 g/mol. The number of ether oxygens (including phenoxy) is 1. The van der Waals surface area contributed by atoms with Crippen molar-refractivity contribution in [2.24, 2.45) is 75.7 Å². The first-order valence-electron chi connectivity index (χ1n) is 23.6. The number of phenolic OH excluding ortho intramolecular Hbond substituents is 1. The fourth-order valence-corrected chi connectivity index (χ4v) is 15.1. The number of aliphatic hydroxyl groups excluding tert-OH is 1. The summed E-state index contributed by atoms with van der Waals surface area (Å²) in [6.45, 7) is 13.8. The van der Waals surface area contributed by atoms with E-state index >= 15 is 0 Å². The predicted octanol–water partition coefficient (Wildman–Crippen LogP) is 6.36. The van der Waals surface area contributed by atoms with Crippen LogP contribution in [0, 0.1) is 70.0 Å². The fourth-order valence-electron chi connectivity index (χ4n) is 15.1. The summed E-state index contributed by atoms with van der Waals surface area (Å²) in [5.41, 5.74) is 3.98. The standard InChI is InChI=1S/C50H69N3O10/c1-23(2)10-9-11-24(3)30-15-16-31-29-13-12-26-22-27(18-20-48(26,5)32(29)19-21-49(30,31)6)63-47(61)52-33-17-14-28-25(4)34-36(41(55)35(28)40(33)54)44(58)50(62)38(42(34)56)39(53(7)8)43(57)37(45(50)59)46(51)60/h12,14,17,23-25,27,29-32,34,36-39,42,54,56,62H,9-11,13,15-16,18-22H2,1-8H3,(H2,51,60)(H,52,61)/t24-,25+,27?,29?,30?,31?,32?,34-,36?,37?,38-,39+,42+,48-,49+,50+/m0/s1. The van der Waals surface area contributed by atoms with Gasteiger partial charge >= 0.3 is 6.09 Å². The number of nitrogens with zero attached hydrogens (tertiary/aromatic N) is 1. The number of aromatic hydroxyl groups is 1. The molecule has 7 aliphatic carbocycles. The molecule has 2 amide bonds. The van der Waals surface area contributed by atoms with Crippen LogP contribution in [0.3, 0.4) is 0 Å². The molecule has 1 aromatic rings. The highest BCUT2D eigenvalue weighted by molar-refractivity contribution is 6.32. The van der Waals surface area contributed by atoms with Crippen LogP contribution in [0.5, 0.6) is 5.75 Å². The van der Waals surface area contributed by atoms with Gasteiger partial charge < -0.3 is 25.8 Å². The average Bonchev–Trinajstić information content (AvgIpc) is 3.57. The zero-order valence-electron chi connectivity index (χ0n) is 38.3. The number of aliphatic hydroxyl groups is 2. The highest BCUT2D eigenvalue weighted by Gasteiger charge is 2.73. The predicted molar refractivity (Wildman–Crippen MR) is 234 cm³/mol. The van der Waals surface area contributed by atoms with E-state index in [9.17, 15) is 44.1 Å². The molecule has 5 saturated carbocycles. The van der Waals surface area contributed by atoms with Crippen LogP contribution in [0.25, 0.3) is 0 Å². The highest BCUT2D eigenvalue weighted by Crippen LogP contribution is 2.67. The van der Waals surface area contributed by atoms with E-state index in [4.69, 9.17) is 10.5 Å². The van der Waals surface area contributed by atoms with Crippen molar-refractivity contribution in [1.82, 2.24) is 4.90 Å². The molecule has 0 bridgehead atoms. The summed E-state index contributed by atoms with van der Waals surface area (Å²) in [7, 11) is 2.89. The molecule has 7 unspecified atom stereocenters. The highest BCUT2D eigenvalue weighted by atomic mass is 16.6. The number of carbonyl (C=O) groups excluding carboxylic acids is 6. The molecule has 0 radical (unpaired) electrons. The Kier molecular flexibility index (Phi) is 11.7. The van der Waals surface area contributed by atoms with E-state index < -0.39 is 88.2 Å². The number of hydrogen-bond donors (Lipinski definition) is 5. The molecule has 5 fully saturated rings. The normalized spacial score (nSPS) is 41.1. The Labute approximate surface area is 371 Å². The van der Waals surface area contributed by atoms with Gasteiger partial charge in [-0.2, -0.15) is 0 Å². The van der Waals surface area contributed by atoms with Gasteiger partial charge in [0.05, 0.1) is 35.2 Å². The quantitative estimate of drug-likeness (QED) is 0.105. The summed E-state index contributed by atoms with van der Waals surface area (Å²) in [6, 6.07) is 1.50. The minimum absolute atomic E-state index is 0.0520. The number of anilines is 1. The third-order valence-electron chi connectivity index (χ3n) is 18.3. The fraction of sp³-hybridized carbons (Fsp3) is 0.720. The van der Waals surface area contributed by atoms with Crippen LogP contribution < -0.4 is 11.1 Å². The molecule has 0 aromatic heterocycles. The van der Waals surface area contributed by atoms with Crippen molar-refractivity contribution in [2.45, 2.75) is 142 Å². The number of rotatable bonds is 9. The Morgan fingerprint density at radius 2 is 1.70 bits per heavy atom. The van der Waals surface area contributed by atoms with Gasteiger partial charge in [-0.25, -0.2) is 4.79 Å². The maximum atomic E-state index is 14.4. The first kappa shape index (κ1) is 45.6. The van der Waals surface area contributed by atoms with Crippen LogP contribution in [0.1, 0.15) is 134 Å². The van der Waals surface area contributed by atoms with Crippen molar-refractivity contribution in [3.63, 3.8) is 0 Å². The summed E-state index contributed by atoms with van der Waals surface area (Å²) in [4.78, 5) is 83.1. The molecule has 7 aliphatic rings. The average molecular weight is 872 g/mol. The number of Topliss-reactive ketones (excluding diaryl/α,β-unsaturated/α-hetero) is 4. The van der Waals surface area contributed by atoms with E-state index in [0.29, 0.717) is 30.1 Å². The van der Waals surface area contributed by atoms with Crippen molar-refractivity contribution in [3.8, 4) is 5.75 Å². The van der Waals surface area contributed by atoms with Crippen molar-refractivity contribution in [3.05, 3.63) is 34.9 Å². The van der Waals surface area contributed by atoms with Gasteiger partial charge in [-0.3, -0.25) is 34.2 Å². The summed E-state index contributed by atoms with van der Waals surface area (Å²) in [6.07, 6.45) is 11.9. The van der Waals surface area contributed by atoms with Gasteiger partial charge in [0.25, 0.3) is 0 Å². The van der Waals surface area contributed by atoms with Crippen LogP contribution >= 0.6 is 0 Å². The van der Waals surface area contributed by atoms with E-state index in [0.717, 1.165) is 36.5 Å². The first-order chi connectivity index (χ1) is 29.6. The Morgan fingerprint density at radius 3 is 2.37 bits per heavy atom. The lowest BCUT2D eigenvalue weighted by Crippen LogP contribution is -2.77. The van der Waals surface area contributed by atoms with E-state index in [1.165, 1.54) is 81.6 Å². The van der Waals surface area contributed by atoms with Gasteiger partial charge in [-0.05, 0) is 123 Å². The van der Waals surface area contributed by atoms with E-state index in [2.05, 4.69) is 46.0 Å². The number of nitrogens with two attached hydrogens (primary N) is 1. The van der Waals surface area contributed by atoms with Crippen LogP contribution in [0.15, 0.2) is 23.8 Å². The smallest absolute Gasteiger partial charge is 0.412 e. The molecule has 0 aliphatic heterocycles. The number of primary amides is 1. The van der Waals surface area contributed by atoms with Gasteiger partial charge in [0.1, 0.15) is 11.9 Å². The lowest BCUT2D eigenvalue weighted by atomic mass is 9.47. The van der Waals surface area contributed by atoms with Gasteiger partial charge in [-0.1, -0.05) is 78.5 Å².